The Kier molecular flexibility index (Phi) is 2.79. The average molecular weight is 169 g/mol. The van der Waals surface area contributed by atoms with Crippen LogP contribution >= 0.6 is 11.3 Å². The van der Waals surface area contributed by atoms with E-state index in [2.05, 4.69) is 0 Å². The summed E-state index contributed by atoms with van der Waals surface area (Å²) in [4.78, 5) is 12.2. The maximum absolute atomic E-state index is 11.4. The lowest BCUT2D eigenvalue weighted by atomic mass is 10.1. The molecular weight excluding hydrogens is 158 g/mol. The molecule has 0 aromatic carbocycles. The summed E-state index contributed by atoms with van der Waals surface area (Å²) in [6.45, 7) is 2.28. The summed E-state index contributed by atoms with van der Waals surface area (Å²) in [6.07, 6.45) is 0. The molecule has 1 aromatic rings. The number of ketones is 1. The topological polar surface area (TPSA) is 43.1 Å². The van der Waals surface area contributed by atoms with Gasteiger partial charge in [-0.3, -0.25) is 4.79 Å². The molecule has 1 aromatic heterocycles. The third-order valence-corrected chi connectivity index (χ3v) is 2.45. The molecule has 11 heavy (non-hydrogen) atoms. The monoisotopic (exact) mass is 169 g/mol. The minimum atomic E-state index is -0.0475. The molecule has 0 fully saturated rings. The van der Waals surface area contributed by atoms with Crippen LogP contribution in [0.3, 0.4) is 0 Å². The SMILES string of the molecule is CC(CN)C(=O)c1cccs1. The fourth-order valence-electron chi connectivity index (χ4n) is 0.769. The van der Waals surface area contributed by atoms with Crippen molar-refractivity contribution in [2.75, 3.05) is 6.54 Å². The predicted molar refractivity (Wildman–Crippen MR) is 46.9 cm³/mol. The van der Waals surface area contributed by atoms with Gasteiger partial charge in [-0.15, -0.1) is 11.3 Å². The Labute approximate surface area is 70.0 Å². The summed E-state index contributed by atoms with van der Waals surface area (Å²) in [5, 5.41) is 1.90. The number of nitrogens with two attached hydrogens (primary N) is 1. The molecule has 3 heteroatoms. The minimum Gasteiger partial charge on any atom is -0.330 e. The number of rotatable bonds is 3. The van der Waals surface area contributed by atoms with Crippen LogP contribution in [-0.4, -0.2) is 12.3 Å². The van der Waals surface area contributed by atoms with Gasteiger partial charge in [0.05, 0.1) is 4.88 Å². The predicted octanol–water partition coefficient (Wildman–Crippen LogP) is 1.53. The largest absolute Gasteiger partial charge is 0.330 e. The van der Waals surface area contributed by atoms with Gasteiger partial charge in [0.2, 0.25) is 0 Å². The number of hydrogen-bond donors (Lipinski definition) is 1. The summed E-state index contributed by atoms with van der Waals surface area (Å²) in [7, 11) is 0. The first-order chi connectivity index (χ1) is 5.25. The van der Waals surface area contributed by atoms with E-state index in [1.54, 1.807) is 0 Å². The maximum atomic E-state index is 11.4. The molecule has 2 nitrogen and oxygen atoms in total. The Bertz CT molecular complexity index is 230. The highest BCUT2D eigenvalue weighted by Gasteiger charge is 2.13. The quantitative estimate of drug-likeness (QED) is 0.697. The smallest absolute Gasteiger partial charge is 0.176 e. The van der Waals surface area contributed by atoms with Crippen LogP contribution in [0.25, 0.3) is 0 Å². The zero-order valence-electron chi connectivity index (χ0n) is 6.41. The molecule has 1 heterocycles. The van der Waals surface area contributed by atoms with Gasteiger partial charge < -0.3 is 5.73 Å². The van der Waals surface area contributed by atoms with Gasteiger partial charge in [0.15, 0.2) is 5.78 Å². The van der Waals surface area contributed by atoms with Crippen molar-refractivity contribution < 1.29 is 4.79 Å². The minimum absolute atomic E-state index is 0.0475. The average Bonchev–Trinajstić information content (AvgIpc) is 2.53. The van der Waals surface area contributed by atoms with Gasteiger partial charge in [0, 0.05) is 12.5 Å². The Balaban J connectivity index is 2.70. The standard InChI is InChI=1S/C8H11NOS/c1-6(5-9)8(10)7-3-2-4-11-7/h2-4,6H,5,9H2,1H3. The summed E-state index contributed by atoms with van der Waals surface area (Å²) in [5.41, 5.74) is 5.36. The van der Waals surface area contributed by atoms with E-state index in [0.717, 1.165) is 4.88 Å². The van der Waals surface area contributed by atoms with E-state index >= 15 is 0 Å². The van der Waals surface area contributed by atoms with Crippen LogP contribution in [0, 0.1) is 5.92 Å². The van der Waals surface area contributed by atoms with Gasteiger partial charge in [0.1, 0.15) is 0 Å². The van der Waals surface area contributed by atoms with Crippen molar-refractivity contribution in [3.05, 3.63) is 22.4 Å². The summed E-state index contributed by atoms with van der Waals surface area (Å²) < 4.78 is 0. The molecule has 1 unspecified atom stereocenters. The van der Waals surface area contributed by atoms with Crippen LogP contribution in [0.2, 0.25) is 0 Å². The number of Topliss-reactive ketones (excluding diaryl/α,β-unsaturated/α-hetero) is 1. The number of thiophene rings is 1. The molecule has 0 saturated carbocycles. The zero-order chi connectivity index (χ0) is 8.27. The molecule has 60 valence electrons. The Morgan fingerprint density at radius 2 is 2.55 bits per heavy atom. The number of carbonyl (C=O) groups excluding carboxylic acids is 1. The molecule has 0 radical (unpaired) electrons. The highest BCUT2D eigenvalue weighted by molar-refractivity contribution is 7.12. The second-order valence-electron chi connectivity index (χ2n) is 2.48. The van der Waals surface area contributed by atoms with E-state index < -0.39 is 0 Å². The molecule has 0 aliphatic rings. The zero-order valence-corrected chi connectivity index (χ0v) is 7.23. The van der Waals surface area contributed by atoms with Crippen LogP contribution in [0.5, 0.6) is 0 Å². The normalized spacial score (nSPS) is 12.9. The van der Waals surface area contributed by atoms with E-state index in [0.29, 0.717) is 6.54 Å². The van der Waals surface area contributed by atoms with Crippen LogP contribution in [-0.2, 0) is 0 Å². The van der Waals surface area contributed by atoms with Crippen LogP contribution in [0.15, 0.2) is 17.5 Å². The Morgan fingerprint density at radius 1 is 1.82 bits per heavy atom. The van der Waals surface area contributed by atoms with Gasteiger partial charge in [-0.05, 0) is 11.4 Å². The van der Waals surface area contributed by atoms with E-state index in [4.69, 9.17) is 5.73 Å². The molecule has 2 N–H and O–H groups in total. The van der Waals surface area contributed by atoms with E-state index in [9.17, 15) is 4.79 Å². The fourth-order valence-corrected chi connectivity index (χ4v) is 1.55. The van der Waals surface area contributed by atoms with E-state index in [1.165, 1.54) is 11.3 Å². The van der Waals surface area contributed by atoms with Crippen molar-refractivity contribution in [3.8, 4) is 0 Å². The van der Waals surface area contributed by atoms with Crippen molar-refractivity contribution in [3.63, 3.8) is 0 Å². The first-order valence-electron chi connectivity index (χ1n) is 3.53. The van der Waals surface area contributed by atoms with E-state index in [1.807, 2.05) is 24.4 Å². The van der Waals surface area contributed by atoms with Crippen molar-refractivity contribution in [1.82, 2.24) is 0 Å². The molecule has 0 aliphatic heterocycles. The van der Waals surface area contributed by atoms with Gasteiger partial charge in [0.25, 0.3) is 0 Å². The Hall–Kier alpha value is -0.670. The van der Waals surface area contributed by atoms with Crippen LogP contribution in [0.1, 0.15) is 16.6 Å². The van der Waals surface area contributed by atoms with Gasteiger partial charge in [-0.1, -0.05) is 13.0 Å². The van der Waals surface area contributed by atoms with Gasteiger partial charge >= 0.3 is 0 Å². The van der Waals surface area contributed by atoms with Crippen molar-refractivity contribution in [2.24, 2.45) is 11.7 Å². The van der Waals surface area contributed by atoms with Crippen molar-refractivity contribution >= 4 is 17.1 Å². The maximum Gasteiger partial charge on any atom is 0.176 e. The first kappa shape index (κ1) is 8.43. The first-order valence-corrected chi connectivity index (χ1v) is 4.41. The second-order valence-corrected chi connectivity index (χ2v) is 3.43. The highest BCUT2D eigenvalue weighted by atomic mass is 32.1. The second kappa shape index (κ2) is 3.64. The lowest BCUT2D eigenvalue weighted by Crippen LogP contribution is -2.19. The van der Waals surface area contributed by atoms with Crippen LogP contribution in [0.4, 0.5) is 0 Å². The fraction of sp³-hybridized carbons (Fsp3) is 0.375. The number of carbonyl (C=O) groups is 1. The Morgan fingerprint density at radius 3 is 3.00 bits per heavy atom. The van der Waals surface area contributed by atoms with Gasteiger partial charge in [-0.25, -0.2) is 0 Å². The molecule has 0 bridgehead atoms. The molecule has 0 amide bonds. The summed E-state index contributed by atoms with van der Waals surface area (Å²) in [5.74, 6) is 0.108. The molecule has 1 rings (SSSR count). The molecule has 1 atom stereocenters. The van der Waals surface area contributed by atoms with Crippen LogP contribution < -0.4 is 5.73 Å². The van der Waals surface area contributed by atoms with Crippen molar-refractivity contribution in [1.29, 1.82) is 0 Å². The molecule has 0 saturated heterocycles. The molecular formula is C8H11NOS. The third-order valence-electron chi connectivity index (χ3n) is 1.57. The lowest BCUT2D eigenvalue weighted by Gasteiger charge is -2.03. The summed E-state index contributed by atoms with van der Waals surface area (Å²) >= 11 is 1.47. The third kappa shape index (κ3) is 1.88. The van der Waals surface area contributed by atoms with E-state index in [-0.39, 0.29) is 11.7 Å². The number of hydrogen-bond acceptors (Lipinski definition) is 3. The van der Waals surface area contributed by atoms with Crippen molar-refractivity contribution in [2.45, 2.75) is 6.92 Å². The lowest BCUT2D eigenvalue weighted by molar-refractivity contribution is 0.0938. The highest BCUT2D eigenvalue weighted by Crippen LogP contribution is 2.13. The molecule has 0 aliphatic carbocycles. The summed E-state index contributed by atoms with van der Waals surface area (Å²) in [6, 6.07) is 3.71. The van der Waals surface area contributed by atoms with Gasteiger partial charge in [-0.2, -0.15) is 0 Å². The molecule has 0 spiro atoms.